The molecule has 10 atom stereocenters. The summed E-state index contributed by atoms with van der Waals surface area (Å²) in [7, 11) is 0. The van der Waals surface area contributed by atoms with E-state index in [9.17, 15) is 9.59 Å². The summed E-state index contributed by atoms with van der Waals surface area (Å²) in [5.41, 5.74) is 0.293. The highest BCUT2D eigenvalue weighted by molar-refractivity contribution is 5.79. The number of hydrogen-bond acceptors (Lipinski definition) is 4. The van der Waals surface area contributed by atoms with E-state index in [0.29, 0.717) is 35.6 Å². The fraction of sp³-hybridized carbons (Fsp3) is 0.917. The van der Waals surface area contributed by atoms with E-state index in [2.05, 4.69) is 20.8 Å². The van der Waals surface area contributed by atoms with E-state index in [1.807, 2.05) is 6.92 Å². The predicted octanol–water partition coefficient (Wildman–Crippen LogP) is 4.54. The Kier molecular flexibility index (Phi) is 3.98. The van der Waals surface area contributed by atoms with Crippen molar-refractivity contribution < 1.29 is 19.1 Å². The summed E-state index contributed by atoms with van der Waals surface area (Å²) in [6.45, 7) is 10.6. The lowest BCUT2D eigenvalue weighted by atomic mass is 9.44. The zero-order valence-corrected chi connectivity index (χ0v) is 18.1. The van der Waals surface area contributed by atoms with Gasteiger partial charge in [0.05, 0.1) is 6.10 Å². The molecule has 1 saturated heterocycles. The van der Waals surface area contributed by atoms with Crippen LogP contribution in [0.15, 0.2) is 0 Å². The van der Waals surface area contributed by atoms with E-state index in [4.69, 9.17) is 9.47 Å². The van der Waals surface area contributed by atoms with Crippen molar-refractivity contribution in [2.45, 2.75) is 97.4 Å². The number of fused-ring (bicyclic) bond motifs is 4. The molecule has 28 heavy (non-hydrogen) atoms. The molecular weight excluding hydrogens is 352 g/mol. The number of ketones is 1. The van der Waals surface area contributed by atoms with E-state index in [-0.39, 0.29) is 34.4 Å². The molecule has 1 heterocycles. The third kappa shape index (κ3) is 2.27. The monoisotopic (exact) mass is 388 g/mol. The molecule has 0 aromatic carbocycles. The number of carbonyl (C=O) groups is 2. The van der Waals surface area contributed by atoms with Gasteiger partial charge in [-0.05, 0) is 74.5 Å². The van der Waals surface area contributed by atoms with Crippen molar-refractivity contribution in [2.75, 3.05) is 0 Å². The van der Waals surface area contributed by atoms with Crippen LogP contribution < -0.4 is 0 Å². The number of esters is 1. The summed E-state index contributed by atoms with van der Waals surface area (Å²) in [5.74, 6) is 3.09. The van der Waals surface area contributed by atoms with Crippen molar-refractivity contribution in [2.24, 2.45) is 40.4 Å². The highest BCUT2D eigenvalue weighted by atomic mass is 16.6. The number of epoxide rings is 1. The maximum absolute atomic E-state index is 12.4. The lowest BCUT2D eigenvalue weighted by Crippen LogP contribution is -2.59. The molecule has 4 nitrogen and oxygen atoms in total. The first-order valence-corrected chi connectivity index (χ1v) is 11.5. The fourth-order valence-electron chi connectivity index (χ4n) is 9.15. The standard InChI is InChI=1S/C24H36O4/c1-13-10-19(14(2)25)22(4)8-7-18-17(21(13)22)11-20-24(28-20)12-16(27-15(3)26)6-9-23(18,24)5/h13,16-21H,6-12H2,1-5H3/t13-,16+,17+,18+,19-,20-,21+,22+,23+,24-/m0/s1. The minimum Gasteiger partial charge on any atom is -0.462 e. The Morgan fingerprint density at radius 1 is 1.07 bits per heavy atom. The van der Waals surface area contributed by atoms with Gasteiger partial charge in [-0.25, -0.2) is 0 Å². The first-order valence-electron chi connectivity index (χ1n) is 11.5. The quantitative estimate of drug-likeness (QED) is 0.515. The van der Waals surface area contributed by atoms with Crippen molar-refractivity contribution in [3.8, 4) is 0 Å². The Bertz CT molecular complexity index is 717. The van der Waals surface area contributed by atoms with Gasteiger partial charge in [-0.1, -0.05) is 20.8 Å². The summed E-state index contributed by atoms with van der Waals surface area (Å²) >= 11 is 0. The molecule has 0 radical (unpaired) electrons. The van der Waals surface area contributed by atoms with Gasteiger partial charge in [-0.15, -0.1) is 0 Å². The largest absolute Gasteiger partial charge is 0.462 e. The number of Topliss-reactive ketones (excluding diaryl/α,β-unsaturated/α-hetero) is 1. The molecule has 0 bridgehead atoms. The fourth-order valence-corrected chi connectivity index (χ4v) is 9.15. The molecule has 5 aliphatic rings. The summed E-state index contributed by atoms with van der Waals surface area (Å²) in [4.78, 5) is 23.9. The van der Waals surface area contributed by atoms with Gasteiger partial charge in [0.25, 0.3) is 0 Å². The van der Waals surface area contributed by atoms with Crippen LogP contribution in [-0.4, -0.2) is 29.6 Å². The molecule has 4 saturated carbocycles. The van der Waals surface area contributed by atoms with Crippen molar-refractivity contribution in [3.63, 3.8) is 0 Å². The van der Waals surface area contributed by atoms with Crippen molar-refractivity contribution in [3.05, 3.63) is 0 Å². The molecule has 5 rings (SSSR count). The van der Waals surface area contributed by atoms with Gasteiger partial charge in [0.1, 0.15) is 17.5 Å². The van der Waals surface area contributed by atoms with Gasteiger partial charge in [-0.3, -0.25) is 9.59 Å². The zero-order valence-electron chi connectivity index (χ0n) is 18.1. The van der Waals surface area contributed by atoms with Crippen LogP contribution in [0, 0.1) is 40.4 Å². The highest BCUT2D eigenvalue weighted by Gasteiger charge is 2.76. The maximum Gasteiger partial charge on any atom is 0.302 e. The van der Waals surface area contributed by atoms with E-state index in [0.717, 1.165) is 32.1 Å². The van der Waals surface area contributed by atoms with Gasteiger partial charge in [0.15, 0.2) is 0 Å². The van der Waals surface area contributed by atoms with Crippen LogP contribution in [0.3, 0.4) is 0 Å². The first kappa shape index (κ1) is 19.1. The summed E-state index contributed by atoms with van der Waals surface area (Å²) in [5, 5.41) is 0. The number of rotatable bonds is 2. The molecule has 0 aromatic rings. The Morgan fingerprint density at radius 2 is 1.82 bits per heavy atom. The Hall–Kier alpha value is -0.900. The number of hydrogen-bond donors (Lipinski definition) is 0. The molecule has 0 N–H and O–H groups in total. The van der Waals surface area contributed by atoms with Crippen LogP contribution in [0.2, 0.25) is 0 Å². The summed E-state index contributed by atoms with van der Waals surface area (Å²) < 4.78 is 12.1. The average Bonchev–Trinajstić information content (AvgIpc) is 3.21. The second-order valence-corrected chi connectivity index (χ2v) is 11.3. The first-order chi connectivity index (χ1) is 13.1. The van der Waals surface area contributed by atoms with Crippen LogP contribution in [0.1, 0.15) is 79.6 Å². The molecule has 0 amide bonds. The Morgan fingerprint density at radius 3 is 2.50 bits per heavy atom. The van der Waals surface area contributed by atoms with Gasteiger partial charge >= 0.3 is 5.97 Å². The summed E-state index contributed by atoms with van der Waals surface area (Å²) in [6, 6.07) is 0. The van der Waals surface area contributed by atoms with Crippen LogP contribution >= 0.6 is 0 Å². The van der Waals surface area contributed by atoms with Gasteiger partial charge < -0.3 is 9.47 Å². The molecule has 4 aliphatic carbocycles. The second-order valence-electron chi connectivity index (χ2n) is 11.3. The Balaban J connectivity index is 1.45. The van der Waals surface area contributed by atoms with E-state index in [1.54, 1.807) is 0 Å². The average molecular weight is 389 g/mol. The molecule has 4 heteroatoms. The lowest BCUT2D eigenvalue weighted by molar-refractivity contribution is -0.159. The van der Waals surface area contributed by atoms with Crippen LogP contribution in [0.5, 0.6) is 0 Å². The molecule has 1 spiro atoms. The summed E-state index contributed by atoms with van der Waals surface area (Å²) in [6.07, 6.45) is 7.89. The van der Waals surface area contributed by atoms with Crippen molar-refractivity contribution in [1.29, 1.82) is 0 Å². The third-order valence-electron chi connectivity index (χ3n) is 10.2. The van der Waals surface area contributed by atoms with Gasteiger partial charge in [0.2, 0.25) is 0 Å². The van der Waals surface area contributed by atoms with E-state index >= 15 is 0 Å². The molecule has 0 unspecified atom stereocenters. The van der Waals surface area contributed by atoms with Crippen LogP contribution in [0.4, 0.5) is 0 Å². The van der Waals surface area contributed by atoms with Crippen LogP contribution in [-0.2, 0) is 19.1 Å². The van der Waals surface area contributed by atoms with Gasteiger partial charge in [-0.2, -0.15) is 0 Å². The van der Waals surface area contributed by atoms with Crippen molar-refractivity contribution >= 4 is 11.8 Å². The SMILES string of the molecule is CC(=O)O[C@@H]1CC[C@]2(C)[C@@H]3CC[C@@]4(C)[C@@H]([C@@H]3C[C@@H]3O[C@@]32C1)[C@@H](C)C[C@H]4C(C)=O. The molecule has 5 fully saturated rings. The zero-order chi connectivity index (χ0) is 20.1. The predicted molar refractivity (Wildman–Crippen MR) is 105 cm³/mol. The lowest BCUT2D eigenvalue weighted by Gasteiger charge is -2.59. The number of carbonyl (C=O) groups excluding carboxylic acids is 2. The number of ether oxygens (including phenoxy) is 2. The third-order valence-corrected chi connectivity index (χ3v) is 10.2. The highest BCUT2D eigenvalue weighted by Crippen LogP contribution is 2.74. The van der Waals surface area contributed by atoms with Crippen LogP contribution in [0.25, 0.3) is 0 Å². The molecule has 0 aromatic heterocycles. The molecule has 1 aliphatic heterocycles. The Labute approximate surface area is 169 Å². The maximum atomic E-state index is 12.4. The molecular formula is C24H36O4. The second kappa shape index (κ2) is 5.83. The molecule has 156 valence electrons. The minimum atomic E-state index is -0.167. The topological polar surface area (TPSA) is 55.9 Å². The smallest absolute Gasteiger partial charge is 0.302 e. The van der Waals surface area contributed by atoms with Gasteiger partial charge in [0, 0.05) is 24.7 Å². The van der Waals surface area contributed by atoms with E-state index < -0.39 is 0 Å². The minimum absolute atomic E-state index is 0.0217. The van der Waals surface area contributed by atoms with E-state index in [1.165, 1.54) is 19.8 Å². The van der Waals surface area contributed by atoms with Crippen molar-refractivity contribution in [1.82, 2.24) is 0 Å². The normalized spacial score (nSPS) is 56.7.